The van der Waals surface area contributed by atoms with Gasteiger partial charge in [-0.2, -0.15) is 0 Å². The van der Waals surface area contributed by atoms with Crippen LogP contribution in [0.5, 0.6) is 11.5 Å². The number of halogens is 1. The molecule has 0 radical (unpaired) electrons. The highest BCUT2D eigenvalue weighted by Gasteiger charge is 2.17. The van der Waals surface area contributed by atoms with Crippen molar-refractivity contribution in [2.75, 3.05) is 19.9 Å². The average molecular weight is 297 g/mol. The Hall–Kier alpha value is -1.72. The summed E-state index contributed by atoms with van der Waals surface area (Å²) in [6.07, 6.45) is 4.62. The third-order valence-electron chi connectivity index (χ3n) is 3.22. The van der Waals surface area contributed by atoms with Crippen LogP contribution in [0.25, 0.3) is 0 Å². The van der Waals surface area contributed by atoms with Crippen molar-refractivity contribution in [1.82, 2.24) is 10.6 Å². The van der Waals surface area contributed by atoms with Gasteiger partial charge in [0.25, 0.3) is 0 Å². The number of carbonyl (C=O) groups excluding carboxylic acids is 1. The second-order valence-electron chi connectivity index (χ2n) is 4.54. The van der Waals surface area contributed by atoms with E-state index in [9.17, 15) is 4.79 Å². The monoisotopic (exact) mass is 296 g/mol. The summed E-state index contributed by atoms with van der Waals surface area (Å²) >= 11 is 0. The van der Waals surface area contributed by atoms with Crippen molar-refractivity contribution < 1.29 is 14.3 Å². The average Bonchev–Trinajstić information content (AvgIpc) is 3.09. The molecule has 1 unspecified atom stereocenters. The molecule has 2 aliphatic heterocycles. The predicted octanol–water partition coefficient (Wildman–Crippen LogP) is 1.02. The molecule has 1 atom stereocenters. The highest BCUT2D eigenvalue weighted by Crippen LogP contribution is 2.32. The molecule has 0 aromatic heterocycles. The maximum atomic E-state index is 11.8. The largest absolute Gasteiger partial charge is 0.454 e. The van der Waals surface area contributed by atoms with Gasteiger partial charge in [-0.15, -0.1) is 12.4 Å². The highest BCUT2D eigenvalue weighted by atomic mass is 35.5. The molecule has 2 N–H and O–H groups in total. The van der Waals surface area contributed by atoms with Crippen LogP contribution < -0.4 is 20.1 Å². The Morgan fingerprint density at radius 1 is 1.35 bits per heavy atom. The molecule has 20 heavy (non-hydrogen) atoms. The Morgan fingerprint density at radius 2 is 2.20 bits per heavy atom. The van der Waals surface area contributed by atoms with Crippen LogP contribution in [0.3, 0.4) is 0 Å². The van der Waals surface area contributed by atoms with Crippen LogP contribution in [0.15, 0.2) is 30.4 Å². The lowest BCUT2D eigenvalue weighted by molar-refractivity contribution is -0.121. The van der Waals surface area contributed by atoms with Crippen molar-refractivity contribution in [2.45, 2.75) is 12.5 Å². The number of hydrogen-bond donors (Lipinski definition) is 2. The molecule has 0 spiro atoms. The van der Waals surface area contributed by atoms with Crippen molar-refractivity contribution in [3.63, 3.8) is 0 Å². The molecule has 0 aliphatic carbocycles. The highest BCUT2D eigenvalue weighted by molar-refractivity contribution is 5.85. The first kappa shape index (κ1) is 14.7. The summed E-state index contributed by atoms with van der Waals surface area (Å²) in [5.74, 6) is 1.59. The van der Waals surface area contributed by atoms with Gasteiger partial charge in [-0.1, -0.05) is 18.2 Å². The smallest absolute Gasteiger partial charge is 0.241 e. The fraction of sp³-hybridized carbons (Fsp3) is 0.357. The van der Waals surface area contributed by atoms with Gasteiger partial charge < -0.3 is 14.8 Å². The van der Waals surface area contributed by atoms with Gasteiger partial charge in [0.05, 0.1) is 0 Å². The first-order chi connectivity index (χ1) is 9.33. The summed E-state index contributed by atoms with van der Waals surface area (Å²) in [7, 11) is 0. The van der Waals surface area contributed by atoms with Gasteiger partial charge in [-0.25, -0.2) is 0 Å². The normalized spacial score (nSPS) is 18.7. The van der Waals surface area contributed by atoms with Crippen LogP contribution in [0, 0.1) is 0 Å². The molecular weight excluding hydrogens is 280 g/mol. The van der Waals surface area contributed by atoms with E-state index in [0.717, 1.165) is 30.0 Å². The van der Waals surface area contributed by atoms with Crippen LogP contribution in [0.4, 0.5) is 0 Å². The zero-order valence-electron chi connectivity index (χ0n) is 10.9. The van der Waals surface area contributed by atoms with E-state index < -0.39 is 0 Å². The van der Waals surface area contributed by atoms with Gasteiger partial charge in [-0.3, -0.25) is 10.1 Å². The molecule has 0 saturated carbocycles. The molecule has 0 saturated heterocycles. The summed E-state index contributed by atoms with van der Waals surface area (Å²) in [4.78, 5) is 11.8. The number of fused-ring (bicyclic) bond motifs is 1. The minimum atomic E-state index is -0.184. The molecule has 2 aliphatic rings. The van der Waals surface area contributed by atoms with Crippen molar-refractivity contribution in [1.29, 1.82) is 0 Å². The van der Waals surface area contributed by atoms with Crippen LogP contribution in [-0.2, 0) is 11.2 Å². The van der Waals surface area contributed by atoms with E-state index in [2.05, 4.69) is 10.6 Å². The maximum Gasteiger partial charge on any atom is 0.241 e. The summed E-state index contributed by atoms with van der Waals surface area (Å²) in [6.45, 7) is 1.67. The molecule has 0 fully saturated rings. The number of nitrogens with one attached hydrogen (secondary N) is 2. The van der Waals surface area contributed by atoms with E-state index in [0.29, 0.717) is 6.54 Å². The molecular formula is C14H17ClN2O3. The Morgan fingerprint density at radius 3 is 3.00 bits per heavy atom. The summed E-state index contributed by atoms with van der Waals surface area (Å²) < 4.78 is 10.6. The van der Waals surface area contributed by atoms with Gasteiger partial charge in [0.15, 0.2) is 11.5 Å². The van der Waals surface area contributed by atoms with E-state index in [4.69, 9.17) is 9.47 Å². The third-order valence-corrected chi connectivity index (χ3v) is 3.22. The van der Waals surface area contributed by atoms with Crippen LogP contribution in [0.1, 0.15) is 5.56 Å². The lowest BCUT2D eigenvalue weighted by Crippen LogP contribution is -2.41. The zero-order valence-corrected chi connectivity index (χ0v) is 11.7. The zero-order chi connectivity index (χ0) is 13.1. The number of rotatable bonds is 4. The van der Waals surface area contributed by atoms with Crippen LogP contribution in [-0.4, -0.2) is 31.8 Å². The molecule has 3 rings (SSSR count). The first-order valence-corrected chi connectivity index (χ1v) is 6.39. The van der Waals surface area contributed by atoms with Crippen molar-refractivity contribution >= 4 is 18.3 Å². The summed E-state index contributed by atoms with van der Waals surface area (Å²) in [5.41, 5.74) is 1.12. The van der Waals surface area contributed by atoms with Crippen LogP contribution >= 0.6 is 12.4 Å². The fourth-order valence-corrected chi connectivity index (χ4v) is 2.18. The van der Waals surface area contributed by atoms with Crippen molar-refractivity contribution in [2.24, 2.45) is 0 Å². The quantitative estimate of drug-likeness (QED) is 0.815. The van der Waals surface area contributed by atoms with E-state index in [1.165, 1.54) is 0 Å². The van der Waals surface area contributed by atoms with Gasteiger partial charge in [-0.05, 0) is 24.1 Å². The SMILES string of the molecule is Cl.O=C(NCCc1ccc2c(c1)OCO2)C1C=CCN1. The minimum absolute atomic E-state index is 0. The van der Waals surface area contributed by atoms with Crippen molar-refractivity contribution in [3.05, 3.63) is 35.9 Å². The van der Waals surface area contributed by atoms with Gasteiger partial charge in [0.1, 0.15) is 6.04 Å². The lowest BCUT2D eigenvalue weighted by Gasteiger charge is -2.10. The molecule has 5 nitrogen and oxygen atoms in total. The topological polar surface area (TPSA) is 59.6 Å². The van der Waals surface area contributed by atoms with Gasteiger partial charge in [0.2, 0.25) is 12.7 Å². The Kier molecular flexibility index (Phi) is 4.87. The summed E-state index contributed by atoms with van der Waals surface area (Å²) in [6, 6.07) is 5.67. The summed E-state index contributed by atoms with van der Waals surface area (Å²) in [5, 5.41) is 6.00. The number of benzene rings is 1. The van der Waals surface area contributed by atoms with E-state index in [1.54, 1.807) is 0 Å². The minimum Gasteiger partial charge on any atom is -0.454 e. The third kappa shape index (κ3) is 3.23. The maximum absolute atomic E-state index is 11.8. The number of amides is 1. The molecule has 0 bridgehead atoms. The number of hydrogen-bond acceptors (Lipinski definition) is 4. The molecule has 6 heteroatoms. The predicted molar refractivity (Wildman–Crippen MR) is 77.5 cm³/mol. The van der Waals surface area contributed by atoms with Gasteiger partial charge in [0, 0.05) is 13.1 Å². The Labute approximate surface area is 123 Å². The second-order valence-corrected chi connectivity index (χ2v) is 4.54. The standard InChI is InChI=1S/C14H16N2O3.ClH/c17-14(11-2-1-6-15-11)16-7-5-10-3-4-12-13(8-10)19-9-18-12;/h1-4,8,11,15H,5-7,9H2,(H,16,17);1H. The Bertz CT molecular complexity index is 519. The molecule has 1 aromatic carbocycles. The second kappa shape index (κ2) is 6.63. The van der Waals surface area contributed by atoms with Crippen molar-refractivity contribution in [3.8, 4) is 11.5 Å². The first-order valence-electron chi connectivity index (χ1n) is 6.39. The van der Waals surface area contributed by atoms with Crippen LogP contribution in [0.2, 0.25) is 0 Å². The molecule has 1 amide bonds. The number of carbonyl (C=O) groups is 1. The van der Waals surface area contributed by atoms with Gasteiger partial charge >= 0.3 is 0 Å². The molecule has 1 aromatic rings. The molecule has 2 heterocycles. The van der Waals surface area contributed by atoms with E-state index in [-0.39, 0.29) is 31.1 Å². The fourth-order valence-electron chi connectivity index (χ4n) is 2.18. The van der Waals surface area contributed by atoms with E-state index in [1.807, 2.05) is 30.4 Å². The van der Waals surface area contributed by atoms with E-state index >= 15 is 0 Å². The molecule has 108 valence electrons. The number of ether oxygens (including phenoxy) is 2. The Balaban J connectivity index is 0.00000147. The lowest BCUT2D eigenvalue weighted by atomic mass is 10.1.